The highest BCUT2D eigenvalue weighted by atomic mass is 35.5. The first-order valence-electron chi connectivity index (χ1n) is 10.5. The fourth-order valence-electron chi connectivity index (χ4n) is 4.30. The number of ether oxygens (including phenoxy) is 1. The molecule has 3 rings (SSSR count). The highest BCUT2D eigenvalue weighted by Gasteiger charge is 2.48. The molecule has 0 saturated carbocycles. The Morgan fingerprint density at radius 3 is 1.77 bits per heavy atom. The lowest BCUT2D eigenvalue weighted by Gasteiger charge is -2.42. The molecule has 5 atom stereocenters. The van der Waals surface area contributed by atoms with Crippen LogP contribution in [0.3, 0.4) is 0 Å². The van der Waals surface area contributed by atoms with Crippen molar-refractivity contribution in [2.45, 2.75) is 57.4 Å². The minimum absolute atomic E-state index is 0.246. The highest BCUT2D eigenvalue weighted by Crippen LogP contribution is 2.58. The molecular weight excluding hydrogens is 492 g/mol. The summed E-state index contributed by atoms with van der Waals surface area (Å²) in [6.45, 7) is 4.23. The Kier molecular flexibility index (Phi) is 6.85. The Morgan fingerprint density at radius 1 is 0.771 bits per heavy atom. The number of rotatable bonds is 4. The lowest BCUT2D eigenvalue weighted by molar-refractivity contribution is -0.200. The molecule has 1 aliphatic heterocycles. The predicted molar refractivity (Wildman–Crippen MR) is 119 cm³/mol. The zero-order chi connectivity index (χ0) is 26.7. The largest absolute Gasteiger partial charge is 0.507 e. The molecule has 2 aromatic rings. The van der Waals surface area contributed by atoms with Crippen LogP contribution in [-0.4, -0.2) is 74.5 Å². The Balaban J connectivity index is 2.34. The predicted octanol–water partition coefficient (Wildman–Crippen LogP) is 0.981. The van der Waals surface area contributed by atoms with Gasteiger partial charge in [0, 0.05) is 11.5 Å². The molecule has 194 valence electrons. The molecule has 0 aromatic heterocycles. The minimum Gasteiger partial charge on any atom is -0.507 e. The second-order valence-corrected chi connectivity index (χ2v) is 8.94. The summed E-state index contributed by atoms with van der Waals surface area (Å²) in [7, 11) is 0. The molecule has 1 aliphatic rings. The van der Waals surface area contributed by atoms with E-state index in [0.717, 1.165) is 6.92 Å². The van der Waals surface area contributed by atoms with Crippen molar-refractivity contribution in [1.82, 2.24) is 0 Å². The summed E-state index contributed by atoms with van der Waals surface area (Å²) in [5.41, 5.74) is -3.66. The van der Waals surface area contributed by atoms with Crippen LogP contribution >= 0.6 is 11.6 Å². The highest BCUT2D eigenvalue weighted by molar-refractivity contribution is 6.33. The van der Waals surface area contributed by atoms with Crippen LogP contribution in [0.4, 0.5) is 0 Å². The first kappa shape index (κ1) is 26.7. The normalized spacial score (nSPS) is 25.1. The third kappa shape index (κ3) is 3.82. The van der Waals surface area contributed by atoms with Crippen molar-refractivity contribution in [2.24, 2.45) is 5.92 Å². The van der Waals surface area contributed by atoms with Crippen molar-refractivity contribution < 1.29 is 60.9 Å². The van der Waals surface area contributed by atoms with Gasteiger partial charge in [-0.25, -0.2) is 0 Å². The molecule has 2 aromatic carbocycles. The smallest absolute Gasteiger partial charge is 0.230 e. The summed E-state index contributed by atoms with van der Waals surface area (Å²) in [6, 6.07) is 0. The van der Waals surface area contributed by atoms with Crippen molar-refractivity contribution in [3.8, 4) is 40.2 Å². The average molecular weight is 519 g/mol. The zero-order valence-corrected chi connectivity index (χ0v) is 19.6. The second-order valence-electron chi connectivity index (χ2n) is 8.56. The van der Waals surface area contributed by atoms with Gasteiger partial charge >= 0.3 is 0 Å². The molecule has 5 unspecified atom stereocenters. The Labute approximate surface area is 203 Å². The third-order valence-corrected chi connectivity index (χ3v) is 6.87. The van der Waals surface area contributed by atoms with Crippen molar-refractivity contribution in [1.29, 1.82) is 0 Å². The van der Waals surface area contributed by atoms with E-state index in [0.29, 0.717) is 0 Å². The fraction of sp³-hybridized carbons (Fsp3) is 0.455. The van der Waals surface area contributed by atoms with Gasteiger partial charge in [0.05, 0.1) is 34.5 Å². The fourth-order valence-corrected chi connectivity index (χ4v) is 4.61. The summed E-state index contributed by atoms with van der Waals surface area (Å²) in [4.78, 5) is 0. The van der Waals surface area contributed by atoms with E-state index in [2.05, 4.69) is 0 Å². The summed E-state index contributed by atoms with van der Waals surface area (Å²) in [5, 5.41) is 115. The van der Waals surface area contributed by atoms with Crippen LogP contribution in [-0.2, 0) is 10.5 Å². The SMILES string of the molecule is CCC1OC(c2c(O)c(O)c(Cl)c(C(O)(O)c3c(O)c(O)c(C)c(O)c3O)c2O)C(O)C(C)C1O. The molecule has 1 fully saturated rings. The molecule has 12 nitrogen and oxygen atoms in total. The zero-order valence-electron chi connectivity index (χ0n) is 18.8. The quantitative estimate of drug-likeness (QED) is 0.154. The molecule has 0 radical (unpaired) electrons. The van der Waals surface area contributed by atoms with Gasteiger partial charge in [-0.15, -0.1) is 0 Å². The van der Waals surface area contributed by atoms with Gasteiger partial charge in [-0.3, -0.25) is 0 Å². The van der Waals surface area contributed by atoms with Gasteiger partial charge in [0.15, 0.2) is 34.5 Å². The number of aromatic hydroxyl groups is 7. The monoisotopic (exact) mass is 518 g/mol. The molecule has 0 aliphatic carbocycles. The summed E-state index contributed by atoms with van der Waals surface area (Å²) >= 11 is 5.99. The van der Waals surface area contributed by atoms with Crippen molar-refractivity contribution >= 4 is 11.6 Å². The van der Waals surface area contributed by atoms with Gasteiger partial charge < -0.3 is 60.9 Å². The Hall–Kier alpha value is -2.87. The lowest BCUT2D eigenvalue weighted by Crippen LogP contribution is -2.49. The molecule has 13 heteroatoms. The van der Waals surface area contributed by atoms with Crippen molar-refractivity contribution in [3.05, 3.63) is 27.3 Å². The molecular formula is C22H27ClO12. The standard InChI is InChI=1S/C22H27ClO12/c1-4-7-12(24)5(2)15(27)21(35-7)8-16(28)9(11(23)20(32)17(8)29)22(33,34)10-18(30)13(25)6(3)14(26)19(10)31/h5,7,12,15,21,24-34H,4H2,1-3H3. The number of hydrogen-bond acceptors (Lipinski definition) is 12. The molecule has 35 heavy (non-hydrogen) atoms. The first-order chi connectivity index (χ1) is 16.1. The van der Waals surface area contributed by atoms with Crippen molar-refractivity contribution in [3.63, 3.8) is 0 Å². The summed E-state index contributed by atoms with van der Waals surface area (Å²) < 4.78 is 5.63. The van der Waals surface area contributed by atoms with Gasteiger partial charge in [0.2, 0.25) is 5.79 Å². The summed E-state index contributed by atoms with van der Waals surface area (Å²) in [6.07, 6.45) is -4.95. The summed E-state index contributed by atoms with van der Waals surface area (Å²) in [5.74, 6) is -12.7. The van der Waals surface area contributed by atoms with E-state index in [-0.39, 0.29) is 6.42 Å². The minimum atomic E-state index is -3.70. The third-order valence-electron chi connectivity index (χ3n) is 6.51. The van der Waals surface area contributed by atoms with E-state index in [4.69, 9.17) is 16.3 Å². The van der Waals surface area contributed by atoms with Crippen LogP contribution in [0.2, 0.25) is 5.02 Å². The van der Waals surface area contributed by atoms with Crippen LogP contribution in [0.15, 0.2) is 0 Å². The lowest BCUT2D eigenvalue weighted by atomic mass is 9.82. The Morgan fingerprint density at radius 2 is 1.29 bits per heavy atom. The van der Waals surface area contributed by atoms with E-state index in [1.54, 1.807) is 6.92 Å². The topological polar surface area (TPSA) is 232 Å². The van der Waals surface area contributed by atoms with Gasteiger partial charge in [0.25, 0.3) is 0 Å². The van der Waals surface area contributed by atoms with Gasteiger partial charge in [-0.1, -0.05) is 25.4 Å². The molecule has 0 bridgehead atoms. The van der Waals surface area contributed by atoms with Crippen LogP contribution in [0.5, 0.6) is 40.2 Å². The maximum Gasteiger partial charge on any atom is 0.230 e. The van der Waals surface area contributed by atoms with Gasteiger partial charge in [0.1, 0.15) is 17.4 Å². The molecule has 1 heterocycles. The number of aliphatic hydroxyl groups excluding tert-OH is 2. The average Bonchev–Trinajstić information content (AvgIpc) is 2.79. The van der Waals surface area contributed by atoms with Crippen molar-refractivity contribution in [2.75, 3.05) is 0 Å². The second kappa shape index (κ2) is 8.97. The van der Waals surface area contributed by atoms with E-state index in [9.17, 15) is 56.2 Å². The van der Waals surface area contributed by atoms with Crippen LogP contribution in [0.1, 0.15) is 48.6 Å². The first-order valence-corrected chi connectivity index (χ1v) is 10.9. The number of aliphatic hydroxyl groups is 4. The molecule has 0 spiro atoms. The number of hydrogen-bond donors (Lipinski definition) is 11. The maximum absolute atomic E-state index is 11.0. The number of phenolic OH excluding ortho intramolecular Hbond substituents is 7. The van der Waals surface area contributed by atoms with Gasteiger partial charge in [-0.05, 0) is 13.3 Å². The maximum atomic E-state index is 11.0. The van der Waals surface area contributed by atoms with Crippen LogP contribution in [0.25, 0.3) is 0 Å². The van der Waals surface area contributed by atoms with E-state index in [1.165, 1.54) is 6.92 Å². The van der Waals surface area contributed by atoms with E-state index >= 15 is 0 Å². The molecule has 0 amide bonds. The van der Waals surface area contributed by atoms with E-state index < -0.39 is 104 Å². The Bertz CT molecular complexity index is 1130. The van der Waals surface area contributed by atoms with E-state index in [1.807, 2.05) is 0 Å². The number of halogens is 1. The number of phenols is 7. The van der Waals surface area contributed by atoms with Crippen LogP contribution < -0.4 is 0 Å². The number of benzene rings is 2. The molecule has 1 saturated heterocycles. The van der Waals surface area contributed by atoms with Gasteiger partial charge in [-0.2, -0.15) is 0 Å². The van der Waals surface area contributed by atoms with Crippen LogP contribution in [0, 0.1) is 12.8 Å². The molecule has 11 N–H and O–H groups in total.